The molecule has 1 aromatic rings. The van der Waals surface area contributed by atoms with E-state index in [1.165, 1.54) is 31.6 Å². The van der Waals surface area contributed by atoms with Crippen molar-refractivity contribution >= 4 is 12.3 Å². The minimum atomic E-state index is -0.566. The van der Waals surface area contributed by atoms with Gasteiger partial charge in [0.15, 0.2) is 0 Å². The number of benzene rings is 1. The lowest BCUT2D eigenvalue weighted by Crippen LogP contribution is -2.37. The van der Waals surface area contributed by atoms with Gasteiger partial charge in [-0.25, -0.2) is 10.2 Å². The van der Waals surface area contributed by atoms with E-state index in [2.05, 4.69) is 29.7 Å². The molecule has 3 rings (SSSR count). The summed E-state index contributed by atoms with van der Waals surface area (Å²) in [5.74, 6) is 3.59. The van der Waals surface area contributed by atoms with E-state index in [1.807, 2.05) is 30.3 Å². The molecule has 1 aliphatic carbocycles. The van der Waals surface area contributed by atoms with Crippen LogP contribution >= 0.6 is 0 Å². The first-order valence-corrected chi connectivity index (χ1v) is 10.7. The minimum absolute atomic E-state index is 0.210. The van der Waals surface area contributed by atoms with Gasteiger partial charge < -0.3 is 9.47 Å². The van der Waals surface area contributed by atoms with Gasteiger partial charge in [0.25, 0.3) is 0 Å². The predicted molar refractivity (Wildman–Crippen MR) is 118 cm³/mol. The van der Waals surface area contributed by atoms with E-state index in [-0.39, 0.29) is 6.61 Å². The van der Waals surface area contributed by atoms with Gasteiger partial charge in [-0.2, -0.15) is 0 Å². The van der Waals surface area contributed by atoms with Gasteiger partial charge in [-0.3, -0.25) is 10.4 Å². The third kappa shape index (κ3) is 7.25. The summed E-state index contributed by atoms with van der Waals surface area (Å²) < 4.78 is 11.1. The molecule has 161 valence electrons. The second-order valence-corrected chi connectivity index (χ2v) is 8.29. The number of hydrogen-bond acceptors (Lipinski definition) is 5. The molecule has 0 bridgehead atoms. The summed E-state index contributed by atoms with van der Waals surface area (Å²) in [5.41, 5.74) is 6.78. The first kappa shape index (κ1) is 21.9. The van der Waals surface area contributed by atoms with Crippen molar-refractivity contribution in [2.45, 2.75) is 59.0 Å². The Labute approximate surface area is 179 Å². The van der Waals surface area contributed by atoms with Crippen LogP contribution < -0.4 is 10.9 Å². The molecule has 6 nitrogen and oxygen atoms in total. The number of nitrogens with zero attached hydrogens (tertiary/aromatic N) is 1. The Morgan fingerprint density at radius 2 is 2.00 bits per heavy atom. The molecule has 1 heterocycles. The van der Waals surface area contributed by atoms with Crippen molar-refractivity contribution in [2.24, 2.45) is 16.8 Å². The number of amides is 1. The summed E-state index contributed by atoms with van der Waals surface area (Å²) in [6, 6.07) is 9.53. The molecule has 1 fully saturated rings. The van der Waals surface area contributed by atoms with E-state index in [9.17, 15) is 4.79 Å². The molecule has 0 aromatic heterocycles. The Balaban J connectivity index is 1.43. The Morgan fingerprint density at radius 1 is 1.17 bits per heavy atom. The van der Waals surface area contributed by atoms with Crippen LogP contribution in [0, 0.1) is 17.8 Å². The Hall–Kier alpha value is -2.76. The predicted octanol–water partition coefficient (Wildman–Crippen LogP) is 5.40. The molecule has 1 amide bonds. The first-order valence-electron chi connectivity index (χ1n) is 10.7. The molecule has 6 heteroatoms. The van der Waals surface area contributed by atoms with E-state index >= 15 is 0 Å². The monoisotopic (exact) mass is 410 g/mol. The van der Waals surface area contributed by atoms with E-state index in [1.54, 1.807) is 18.7 Å². The van der Waals surface area contributed by atoms with Gasteiger partial charge in [0.1, 0.15) is 24.3 Å². The number of carbonyl (C=O) groups excluding carboxylic acids is 1. The van der Waals surface area contributed by atoms with Crippen LogP contribution in [-0.2, 0) is 16.1 Å². The summed E-state index contributed by atoms with van der Waals surface area (Å²) >= 11 is 0. The Bertz CT molecular complexity index is 771. The average molecular weight is 411 g/mol. The maximum Gasteiger partial charge on any atom is 0.426 e. The van der Waals surface area contributed by atoms with E-state index in [0.717, 1.165) is 30.1 Å². The standard InChI is InChI=1S/C24H32N3O3/c1-18(2)13-19-9-6-10-21(12-11-19)23-15-25-14-22(17-29-23)26-27-24(28)30-16-20-7-4-3-5-8-20/h3-5,7-8,14-15,17,19,21,26H,6,9-13,16H2,1-2H3,(H,27,28). The number of hydrogen-bond donors (Lipinski definition) is 2. The van der Waals surface area contributed by atoms with Crippen LogP contribution in [-0.4, -0.2) is 12.3 Å². The fourth-order valence-electron chi connectivity index (χ4n) is 3.97. The number of ether oxygens (including phenoxy) is 2. The summed E-state index contributed by atoms with van der Waals surface area (Å²) in [7, 11) is 0. The normalized spacial score (nSPS) is 21.6. The van der Waals surface area contributed by atoms with Crippen LogP contribution in [0.15, 0.2) is 59.2 Å². The van der Waals surface area contributed by atoms with Gasteiger partial charge in [0, 0.05) is 5.92 Å². The van der Waals surface area contributed by atoms with Crippen molar-refractivity contribution in [3.63, 3.8) is 0 Å². The van der Waals surface area contributed by atoms with Crippen LogP contribution in [0.5, 0.6) is 0 Å². The van der Waals surface area contributed by atoms with Crippen molar-refractivity contribution < 1.29 is 14.3 Å². The summed E-state index contributed by atoms with van der Waals surface area (Å²) in [6.07, 6.45) is 11.7. The van der Waals surface area contributed by atoms with Gasteiger partial charge in [-0.05, 0) is 43.1 Å². The second-order valence-electron chi connectivity index (χ2n) is 8.29. The van der Waals surface area contributed by atoms with Crippen LogP contribution in [0.25, 0.3) is 0 Å². The Kier molecular flexibility index (Phi) is 8.36. The molecule has 1 aromatic carbocycles. The summed E-state index contributed by atoms with van der Waals surface area (Å²) in [6.45, 7) is 4.65. The molecule has 2 unspecified atom stereocenters. The second kappa shape index (κ2) is 11.4. The highest BCUT2D eigenvalue weighted by molar-refractivity contribution is 5.79. The quantitative estimate of drug-likeness (QED) is 0.466. The van der Waals surface area contributed by atoms with Crippen molar-refractivity contribution in [1.29, 1.82) is 0 Å². The Morgan fingerprint density at radius 3 is 2.80 bits per heavy atom. The zero-order valence-electron chi connectivity index (χ0n) is 17.9. The maximum atomic E-state index is 11.9. The zero-order valence-corrected chi connectivity index (χ0v) is 17.9. The van der Waals surface area contributed by atoms with Crippen molar-refractivity contribution in [2.75, 3.05) is 0 Å². The topological polar surface area (TPSA) is 72.0 Å². The SMILES string of the molecule is C[C](C)CC1CCCC(C2=CN=CC(NNC(=O)OCc3ccccc3)=CO2)CC1. The van der Waals surface area contributed by atoms with E-state index in [0.29, 0.717) is 11.6 Å². The number of aliphatic imine (C=N–C) groups is 1. The molecule has 2 atom stereocenters. The highest BCUT2D eigenvalue weighted by atomic mass is 16.6. The summed E-state index contributed by atoms with van der Waals surface area (Å²) in [4.78, 5) is 16.2. The number of nitrogens with one attached hydrogen (secondary N) is 2. The van der Waals surface area contributed by atoms with Crippen molar-refractivity contribution in [1.82, 2.24) is 10.9 Å². The van der Waals surface area contributed by atoms with Gasteiger partial charge in [0.2, 0.25) is 0 Å². The number of allylic oxidation sites excluding steroid dienone is 2. The molecule has 30 heavy (non-hydrogen) atoms. The number of rotatable bonds is 7. The maximum absolute atomic E-state index is 11.9. The smallest absolute Gasteiger partial charge is 0.426 e. The van der Waals surface area contributed by atoms with E-state index < -0.39 is 6.09 Å². The minimum Gasteiger partial charge on any atom is -0.465 e. The fourth-order valence-corrected chi connectivity index (χ4v) is 3.97. The van der Waals surface area contributed by atoms with Crippen molar-refractivity contribution in [3.8, 4) is 0 Å². The lowest BCUT2D eigenvalue weighted by molar-refractivity contribution is 0.136. The average Bonchev–Trinajstić information content (AvgIpc) is 3.12. The summed E-state index contributed by atoms with van der Waals surface area (Å²) in [5, 5.41) is 0. The van der Waals surface area contributed by atoms with Crippen LogP contribution in [0.2, 0.25) is 0 Å². The van der Waals surface area contributed by atoms with Crippen molar-refractivity contribution in [3.05, 3.63) is 65.7 Å². The molecule has 1 radical (unpaired) electrons. The van der Waals surface area contributed by atoms with Crippen LogP contribution in [0.1, 0.15) is 57.9 Å². The van der Waals surface area contributed by atoms with Crippen LogP contribution in [0.4, 0.5) is 4.79 Å². The molecule has 0 saturated heterocycles. The third-order valence-corrected chi connectivity index (χ3v) is 5.45. The molecule has 0 spiro atoms. The van der Waals surface area contributed by atoms with Gasteiger partial charge in [-0.15, -0.1) is 0 Å². The molecular weight excluding hydrogens is 378 g/mol. The molecule has 2 aliphatic rings. The fraction of sp³-hybridized carbons (Fsp3) is 0.458. The molecular formula is C24H32N3O3. The number of carbonyl (C=O) groups is 1. The lowest BCUT2D eigenvalue weighted by atomic mass is 9.90. The molecule has 1 aliphatic heterocycles. The van der Waals surface area contributed by atoms with Gasteiger partial charge >= 0.3 is 6.09 Å². The first-order chi connectivity index (χ1) is 14.6. The van der Waals surface area contributed by atoms with E-state index in [4.69, 9.17) is 9.47 Å². The molecule has 1 saturated carbocycles. The van der Waals surface area contributed by atoms with Crippen LogP contribution in [0.3, 0.4) is 0 Å². The highest BCUT2D eigenvalue weighted by Crippen LogP contribution is 2.35. The largest absolute Gasteiger partial charge is 0.465 e. The van der Waals surface area contributed by atoms with Gasteiger partial charge in [0.05, 0.1) is 12.4 Å². The third-order valence-electron chi connectivity index (χ3n) is 5.45. The zero-order chi connectivity index (χ0) is 21.2. The highest BCUT2D eigenvalue weighted by Gasteiger charge is 2.23. The van der Waals surface area contributed by atoms with Gasteiger partial charge in [-0.1, -0.05) is 57.0 Å². The lowest BCUT2D eigenvalue weighted by Gasteiger charge is -2.18. The number of hydrazine groups is 1. The molecule has 2 N–H and O–H groups in total.